The van der Waals surface area contributed by atoms with Gasteiger partial charge in [-0.25, -0.2) is 4.98 Å². The largest absolute Gasteiger partial charge is 0.321 e. The maximum Gasteiger partial charge on any atom is 0.167 e. The zero-order chi connectivity index (χ0) is 12.8. The lowest BCUT2D eigenvalue weighted by Gasteiger charge is -2.07. The molecule has 0 saturated heterocycles. The summed E-state index contributed by atoms with van der Waals surface area (Å²) in [5.41, 5.74) is 7.41. The van der Waals surface area contributed by atoms with Crippen molar-refractivity contribution in [1.82, 2.24) is 15.2 Å². The van der Waals surface area contributed by atoms with E-state index in [2.05, 4.69) is 34.2 Å². The van der Waals surface area contributed by atoms with Crippen LogP contribution in [0.15, 0.2) is 30.3 Å². The topological polar surface area (TPSA) is 67.6 Å². The molecule has 2 aromatic rings. The summed E-state index contributed by atoms with van der Waals surface area (Å²) in [6.45, 7) is 2.12. The van der Waals surface area contributed by atoms with Crippen molar-refractivity contribution < 1.29 is 0 Å². The Morgan fingerprint density at radius 1 is 1.22 bits per heavy atom. The number of hydrogen-bond donors (Lipinski definition) is 2. The summed E-state index contributed by atoms with van der Waals surface area (Å²) in [7, 11) is 0. The second-order valence-electron chi connectivity index (χ2n) is 4.52. The van der Waals surface area contributed by atoms with E-state index in [0.29, 0.717) is 0 Å². The summed E-state index contributed by atoms with van der Waals surface area (Å²) in [5, 5.41) is 7.13. The molecule has 3 N–H and O–H groups in total. The molecular weight excluding hydrogens is 224 g/mol. The number of hydrogen-bond acceptors (Lipinski definition) is 3. The minimum Gasteiger partial charge on any atom is -0.321 e. The van der Waals surface area contributed by atoms with Crippen molar-refractivity contribution in [3.05, 3.63) is 47.5 Å². The molecule has 96 valence electrons. The minimum absolute atomic E-state index is 0.0907. The van der Waals surface area contributed by atoms with Gasteiger partial charge in [-0.15, -0.1) is 0 Å². The van der Waals surface area contributed by atoms with Gasteiger partial charge >= 0.3 is 0 Å². The fourth-order valence-corrected chi connectivity index (χ4v) is 1.92. The molecule has 1 aromatic heterocycles. The van der Waals surface area contributed by atoms with Gasteiger partial charge in [0.25, 0.3) is 0 Å². The first kappa shape index (κ1) is 12.8. The van der Waals surface area contributed by atoms with Gasteiger partial charge in [0, 0.05) is 6.42 Å². The molecule has 4 heteroatoms. The number of H-pyrrole nitrogens is 1. The lowest BCUT2D eigenvalue weighted by molar-refractivity contribution is 0.614. The van der Waals surface area contributed by atoms with Gasteiger partial charge in [0.05, 0.1) is 6.04 Å². The van der Waals surface area contributed by atoms with E-state index in [1.54, 1.807) is 0 Å². The molecule has 0 fully saturated rings. The average Bonchev–Trinajstić information content (AvgIpc) is 2.86. The average molecular weight is 244 g/mol. The smallest absolute Gasteiger partial charge is 0.167 e. The zero-order valence-corrected chi connectivity index (χ0v) is 10.8. The Hall–Kier alpha value is -1.68. The normalized spacial score (nSPS) is 12.6. The number of nitrogens with two attached hydrogens (primary N) is 1. The highest BCUT2D eigenvalue weighted by Gasteiger charge is 2.11. The van der Waals surface area contributed by atoms with Gasteiger partial charge in [-0.3, -0.25) is 5.10 Å². The monoisotopic (exact) mass is 244 g/mol. The number of aromatic nitrogens is 3. The van der Waals surface area contributed by atoms with E-state index in [4.69, 9.17) is 5.73 Å². The second-order valence-corrected chi connectivity index (χ2v) is 4.52. The van der Waals surface area contributed by atoms with Crippen molar-refractivity contribution in [1.29, 1.82) is 0 Å². The maximum atomic E-state index is 6.11. The maximum absolute atomic E-state index is 6.11. The second kappa shape index (κ2) is 6.31. The van der Waals surface area contributed by atoms with Crippen LogP contribution in [0.4, 0.5) is 0 Å². The third-order valence-electron chi connectivity index (χ3n) is 2.95. The van der Waals surface area contributed by atoms with Crippen LogP contribution < -0.4 is 5.73 Å². The lowest BCUT2D eigenvalue weighted by Crippen LogP contribution is -2.13. The van der Waals surface area contributed by atoms with Crippen LogP contribution in [0.2, 0.25) is 0 Å². The van der Waals surface area contributed by atoms with Crippen LogP contribution in [-0.4, -0.2) is 15.2 Å². The van der Waals surface area contributed by atoms with E-state index in [0.717, 1.165) is 37.3 Å². The van der Waals surface area contributed by atoms with Gasteiger partial charge in [0.15, 0.2) is 5.82 Å². The van der Waals surface area contributed by atoms with Crippen molar-refractivity contribution in [3.8, 4) is 0 Å². The summed E-state index contributed by atoms with van der Waals surface area (Å²) < 4.78 is 0. The van der Waals surface area contributed by atoms with Crippen LogP contribution in [0, 0.1) is 0 Å². The molecular formula is C14H20N4. The summed E-state index contributed by atoms with van der Waals surface area (Å²) in [5.74, 6) is 1.66. The van der Waals surface area contributed by atoms with Gasteiger partial charge in [-0.05, 0) is 24.8 Å². The summed E-state index contributed by atoms with van der Waals surface area (Å²) in [6.07, 6.45) is 3.82. The highest BCUT2D eigenvalue weighted by molar-refractivity contribution is 5.15. The minimum atomic E-state index is -0.0907. The number of nitrogens with one attached hydrogen (secondary N) is 1. The molecule has 0 aliphatic rings. The first-order valence-corrected chi connectivity index (χ1v) is 6.50. The van der Waals surface area contributed by atoms with Crippen molar-refractivity contribution in [3.63, 3.8) is 0 Å². The lowest BCUT2D eigenvalue weighted by atomic mass is 10.1. The Balaban J connectivity index is 1.89. The number of nitrogens with zero attached hydrogens (tertiary/aromatic N) is 2. The number of aromatic amines is 1. The van der Waals surface area contributed by atoms with Gasteiger partial charge in [0.2, 0.25) is 0 Å². The van der Waals surface area contributed by atoms with Gasteiger partial charge in [-0.2, -0.15) is 5.10 Å². The van der Waals surface area contributed by atoms with Crippen LogP contribution in [0.3, 0.4) is 0 Å². The summed E-state index contributed by atoms with van der Waals surface area (Å²) >= 11 is 0. The Labute approximate surface area is 108 Å². The third-order valence-corrected chi connectivity index (χ3v) is 2.95. The summed E-state index contributed by atoms with van der Waals surface area (Å²) in [6, 6.07) is 10.3. The first-order chi connectivity index (χ1) is 8.79. The zero-order valence-electron chi connectivity index (χ0n) is 10.8. The van der Waals surface area contributed by atoms with Crippen molar-refractivity contribution in [2.75, 3.05) is 0 Å². The molecule has 1 aromatic carbocycles. The van der Waals surface area contributed by atoms with Gasteiger partial charge in [-0.1, -0.05) is 37.3 Å². The van der Waals surface area contributed by atoms with Crippen molar-refractivity contribution in [2.24, 2.45) is 5.73 Å². The fourth-order valence-electron chi connectivity index (χ4n) is 1.92. The molecule has 0 saturated carbocycles. The molecule has 4 nitrogen and oxygen atoms in total. The van der Waals surface area contributed by atoms with E-state index < -0.39 is 0 Å². The first-order valence-electron chi connectivity index (χ1n) is 6.50. The number of aryl methyl sites for hydroxylation is 2. The number of rotatable bonds is 6. The van der Waals surface area contributed by atoms with Crippen molar-refractivity contribution in [2.45, 2.75) is 38.6 Å². The van der Waals surface area contributed by atoms with Crippen molar-refractivity contribution >= 4 is 0 Å². The molecule has 0 aliphatic heterocycles. The van der Waals surface area contributed by atoms with Crippen LogP contribution in [0.1, 0.15) is 43.0 Å². The fraction of sp³-hybridized carbons (Fsp3) is 0.429. The molecule has 1 atom stereocenters. The molecule has 0 bridgehead atoms. The van der Waals surface area contributed by atoms with E-state index in [1.807, 2.05) is 18.2 Å². The quantitative estimate of drug-likeness (QED) is 0.819. The molecule has 0 unspecified atom stereocenters. The Morgan fingerprint density at radius 3 is 2.72 bits per heavy atom. The van der Waals surface area contributed by atoms with E-state index in [-0.39, 0.29) is 6.04 Å². The van der Waals surface area contributed by atoms with Gasteiger partial charge < -0.3 is 5.73 Å². The van der Waals surface area contributed by atoms with E-state index in [9.17, 15) is 0 Å². The van der Waals surface area contributed by atoms with Crippen LogP contribution in [-0.2, 0) is 12.8 Å². The molecule has 2 rings (SSSR count). The van der Waals surface area contributed by atoms with Crippen LogP contribution >= 0.6 is 0 Å². The molecule has 0 radical (unpaired) electrons. The van der Waals surface area contributed by atoms with Gasteiger partial charge in [0.1, 0.15) is 5.82 Å². The Bertz CT molecular complexity index is 464. The number of benzene rings is 1. The molecule has 0 spiro atoms. The molecule has 1 heterocycles. The Morgan fingerprint density at radius 2 is 2.00 bits per heavy atom. The standard InChI is InChI=1S/C14H20N4/c1-2-6-13-16-14(18-17-13)12(15)10-9-11-7-4-3-5-8-11/h3-5,7-8,12H,2,6,9-10,15H2,1H3,(H,16,17,18)/t12-/m0/s1. The van der Waals surface area contributed by atoms with Crippen LogP contribution in [0.5, 0.6) is 0 Å². The Kier molecular flexibility index (Phi) is 4.47. The predicted molar refractivity (Wildman–Crippen MR) is 72.1 cm³/mol. The SMILES string of the molecule is CCCc1nc([C@@H](N)CCc2ccccc2)n[nH]1. The summed E-state index contributed by atoms with van der Waals surface area (Å²) in [4.78, 5) is 4.42. The highest BCUT2D eigenvalue weighted by atomic mass is 15.2. The van der Waals surface area contributed by atoms with E-state index in [1.165, 1.54) is 5.56 Å². The van der Waals surface area contributed by atoms with E-state index >= 15 is 0 Å². The molecule has 0 aliphatic carbocycles. The highest BCUT2D eigenvalue weighted by Crippen LogP contribution is 2.13. The molecule has 18 heavy (non-hydrogen) atoms. The molecule has 0 amide bonds. The third kappa shape index (κ3) is 3.40. The predicted octanol–water partition coefficient (Wildman–Crippen LogP) is 2.39. The van der Waals surface area contributed by atoms with Crippen LogP contribution in [0.25, 0.3) is 0 Å².